The van der Waals surface area contributed by atoms with Crippen LogP contribution in [0.5, 0.6) is 11.5 Å². The molecule has 1 aliphatic rings. The molecule has 2 aromatic rings. The first-order valence-electron chi connectivity index (χ1n) is 6.82. The average molecular weight is 356 g/mol. The summed E-state index contributed by atoms with van der Waals surface area (Å²) in [6.07, 6.45) is 2.36. The van der Waals surface area contributed by atoms with Crippen LogP contribution in [-0.4, -0.2) is 44.4 Å². The van der Waals surface area contributed by atoms with Crippen LogP contribution >= 0.6 is 11.8 Å². The normalized spacial score (nSPS) is 19.0. The highest BCUT2D eigenvalue weighted by Crippen LogP contribution is 2.43. The highest BCUT2D eigenvalue weighted by molar-refractivity contribution is 8.01. The van der Waals surface area contributed by atoms with Crippen molar-refractivity contribution < 1.29 is 22.4 Å². The maximum Gasteiger partial charge on any atom is 0.249 e. The third-order valence-electron chi connectivity index (χ3n) is 3.56. The summed E-state index contributed by atoms with van der Waals surface area (Å²) in [6.45, 7) is 0.428. The average Bonchev–Trinajstić information content (AvgIpc) is 3.25. The fourth-order valence-corrected chi connectivity index (χ4v) is 5.52. The van der Waals surface area contributed by atoms with Crippen LogP contribution in [0.25, 0.3) is 0 Å². The molecule has 1 aromatic heterocycles. The molecule has 1 fully saturated rings. The van der Waals surface area contributed by atoms with Gasteiger partial charge in [0.15, 0.2) is 11.5 Å². The topological polar surface area (TPSA) is 81.9 Å². The summed E-state index contributed by atoms with van der Waals surface area (Å²) < 4.78 is 42.1. The van der Waals surface area contributed by atoms with E-state index in [1.54, 1.807) is 38.1 Å². The Bertz CT molecular complexity index is 776. The van der Waals surface area contributed by atoms with Gasteiger partial charge in [-0.3, -0.25) is 0 Å². The minimum Gasteiger partial charge on any atom is -0.493 e. The molecule has 1 unspecified atom stereocenters. The van der Waals surface area contributed by atoms with Crippen molar-refractivity contribution in [3.05, 3.63) is 36.2 Å². The predicted octanol–water partition coefficient (Wildman–Crippen LogP) is 2.13. The zero-order valence-corrected chi connectivity index (χ0v) is 14.3. The van der Waals surface area contributed by atoms with Crippen LogP contribution in [0, 0.1) is 0 Å². The van der Waals surface area contributed by atoms with Crippen LogP contribution in [0.2, 0.25) is 0 Å². The molecule has 1 saturated heterocycles. The number of rotatable bonds is 5. The van der Waals surface area contributed by atoms with Crippen molar-refractivity contribution in [2.24, 2.45) is 0 Å². The molecule has 9 heteroatoms. The molecule has 0 radical (unpaired) electrons. The minimum absolute atomic E-state index is 0.0606. The summed E-state index contributed by atoms with van der Waals surface area (Å²) in [6, 6.07) is 5.43. The van der Waals surface area contributed by atoms with Gasteiger partial charge in [-0.05, 0) is 17.7 Å². The highest BCUT2D eigenvalue weighted by atomic mass is 32.2. The second-order valence-electron chi connectivity index (χ2n) is 4.81. The van der Waals surface area contributed by atoms with Gasteiger partial charge < -0.3 is 14.0 Å². The van der Waals surface area contributed by atoms with Crippen LogP contribution in [0.1, 0.15) is 10.9 Å². The first kappa shape index (κ1) is 16.2. The summed E-state index contributed by atoms with van der Waals surface area (Å²) in [4.78, 5) is 0.0606. The lowest BCUT2D eigenvalue weighted by molar-refractivity contribution is 0.353. The number of methoxy groups -OCH3 is 2. The molecule has 7 nitrogen and oxygen atoms in total. The first-order chi connectivity index (χ1) is 11.1. The Morgan fingerprint density at radius 2 is 2.09 bits per heavy atom. The number of hydrogen-bond donors (Lipinski definition) is 0. The predicted molar refractivity (Wildman–Crippen MR) is 85.1 cm³/mol. The van der Waals surface area contributed by atoms with Gasteiger partial charge in [0.2, 0.25) is 10.0 Å². The maximum absolute atomic E-state index is 12.7. The van der Waals surface area contributed by atoms with E-state index < -0.39 is 10.0 Å². The number of benzene rings is 1. The summed E-state index contributed by atoms with van der Waals surface area (Å²) in [5.74, 6) is 1.89. The van der Waals surface area contributed by atoms with E-state index in [-0.39, 0.29) is 10.3 Å². The van der Waals surface area contributed by atoms with E-state index in [1.807, 2.05) is 6.07 Å². The van der Waals surface area contributed by atoms with Crippen molar-refractivity contribution in [2.75, 3.05) is 26.5 Å². The van der Waals surface area contributed by atoms with Crippen molar-refractivity contribution in [1.29, 1.82) is 0 Å². The molecule has 0 bridgehead atoms. The van der Waals surface area contributed by atoms with Crippen LogP contribution in [0.3, 0.4) is 0 Å². The van der Waals surface area contributed by atoms with E-state index >= 15 is 0 Å². The lowest BCUT2D eigenvalue weighted by atomic mass is 10.2. The molecule has 1 atom stereocenters. The molecule has 0 saturated carbocycles. The second kappa shape index (κ2) is 6.42. The lowest BCUT2D eigenvalue weighted by Crippen LogP contribution is -2.30. The van der Waals surface area contributed by atoms with E-state index in [9.17, 15) is 8.42 Å². The molecule has 3 rings (SSSR count). The van der Waals surface area contributed by atoms with Gasteiger partial charge in [-0.15, -0.1) is 11.8 Å². The Balaban J connectivity index is 1.96. The Labute approximate surface area is 138 Å². The van der Waals surface area contributed by atoms with Gasteiger partial charge in [0.05, 0.1) is 25.8 Å². The molecule has 1 aliphatic heterocycles. The smallest absolute Gasteiger partial charge is 0.249 e. The van der Waals surface area contributed by atoms with Crippen LogP contribution < -0.4 is 9.47 Å². The lowest BCUT2D eigenvalue weighted by Gasteiger charge is -2.23. The molecule has 0 aliphatic carbocycles. The molecule has 0 N–H and O–H groups in total. The molecule has 124 valence electrons. The Hall–Kier alpha value is -1.71. The Morgan fingerprint density at radius 1 is 1.30 bits per heavy atom. The van der Waals surface area contributed by atoms with E-state index in [1.165, 1.54) is 10.5 Å². The highest BCUT2D eigenvalue weighted by Gasteiger charge is 2.38. The monoisotopic (exact) mass is 356 g/mol. The second-order valence-corrected chi connectivity index (χ2v) is 7.89. The third-order valence-corrected chi connectivity index (χ3v) is 6.76. The van der Waals surface area contributed by atoms with Crippen LogP contribution in [0.15, 0.2) is 40.1 Å². The maximum atomic E-state index is 12.7. The van der Waals surface area contributed by atoms with Crippen molar-refractivity contribution in [2.45, 2.75) is 10.3 Å². The molecule has 0 spiro atoms. The first-order valence-corrected chi connectivity index (χ1v) is 9.31. The van der Waals surface area contributed by atoms with Gasteiger partial charge in [-0.2, -0.15) is 4.31 Å². The van der Waals surface area contributed by atoms with E-state index in [0.717, 1.165) is 11.8 Å². The molecule has 1 aromatic carbocycles. The largest absolute Gasteiger partial charge is 0.493 e. The van der Waals surface area contributed by atoms with Gasteiger partial charge in [0.1, 0.15) is 11.2 Å². The third kappa shape index (κ3) is 2.91. The fraction of sp³-hybridized carbons (Fsp3) is 0.357. The van der Waals surface area contributed by atoms with E-state index in [4.69, 9.17) is 9.47 Å². The quantitative estimate of drug-likeness (QED) is 0.811. The van der Waals surface area contributed by atoms with Gasteiger partial charge in [0.25, 0.3) is 0 Å². The number of aromatic nitrogens is 1. The number of ether oxygens (including phenoxy) is 2. The molecule has 2 heterocycles. The standard InChI is InChI=1S/C14H16N2O5S2/c1-19-12-4-3-10(7-13(12)20-2)14-16(5-6-22-14)23(17,18)11-8-15-21-9-11/h3-4,7-9,14H,5-6H2,1-2H3. The van der Waals surface area contributed by atoms with Crippen molar-refractivity contribution >= 4 is 21.8 Å². The van der Waals surface area contributed by atoms with Gasteiger partial charge in [-0.25, -0.2) is 8.42 Å². The molecular formula is C14H16N2O5S2. The molecule has 0 amide bonds. The van der Waals surface area contributed by atoms with Crippen LogP contribution in [-0.2, 0) is 10.0 Å². The number of nitrogens with zero attached hydrogens (tertiary/aromatic N) is 2. The molecular weight excluding hydrogens is 340 g/mol. The van der Waals surface area contributed by atoms with E-state index in [2.05, 4.69) is 9.68 Å². The summed E-state index contributed by atoms with van der Waals surface area (Å²) >= 11 is 1.56. The number of thioether (sulfide) groups is 1. The Morgan fingerprint density at radius 3 is 2.74 bits per heavy atom. The zero-order chi connectivity index (χ0) is 16.4. The van der Waals surface area contributed by atoms with Crippen molar-refractivity contribution in [3.63, 3.8) is 0 Å². The number of sulfonamides is 1. The summed E-state index contributed by atoms with van der Waals surface area (Å²) in [5, 5.41) is 3.16. The van der Waals surface area contributed by atoms with Gasteiger partial charge >= 0.3 is 0 Å². The van der Waals surface area contributed by atoms with Crippen molar-refractivity contribution in [1.82, 2.24) is 9.46 Å². The SMILES string of the molecule is COc1ccc(C2SCCN2S(=O)(=O)c2cnoc2)cc1OC. The van der Waals surface area contributed by atoms with E-state index in [0.29, 0.717) is 23.8 Å². The van der Waals surface area contributed by atoms with Crippen molar-refractivity contribution in [3.8, 4) is 11.5 Å². The number of hydrogen-bond acceptors (Lipinski definition) is 7. The van der Waals surface area contributed by atoms with Gasteiger partial charge in [-0.1, -0.05) is 11.2 Å². The van der Waals surface area contributed by atoms with Gasteiger partial charge in [0, 0.05) is 12.3 Å². The molecule has 23 heavy (non-hydrogen) atoms. The Kier molecular flexibility index (Phi) is 4.51. The fourth-order valence-electron chi connectivity index (χ4n) is 2.43. The van der Waals surface area contributed by atoms with Crippen LogP contribution in [0.4, 0.5) is 0 Å². The zero-order valence-electron chi connectivity index (χ0n) is 12.6. The summed E-state index contributed by atoms with van der Waals surface area (Å²) in [5.41, 5.74) is 0.838. The minimum atomic E-state index is -3.64. The summed E-state index contributed by atoms with van der Waals surface area (Å²) in [7, 11) is -0.533.